The maximum absolute atomic E-state index is 9.38. The van der Waals surface area contributed by atoms with E-state index >= 15 is 0 Å². The average molecular weight is 223 g/mol. The molecule has 0 bridgehead atoms. The van der Waals surface area contributed by atoms with Crippen molar-refractivity contribution in [2.75, 3.05) is 13.1 Å². The molecule has 3 nitrogen and oxygen atoms in total. The summed E-state index contributed by atoms with van der Waals surface area (Å²) in [7, 11) is 0. The van der Waals surface area contributed by atoms with Gasteiger partial charge < -0.3 is 4.90 Å². The molecule has 1 fully saturated rings. The molecule has 0 aromatic carbocycles. The molecule has 0 spiro atoms. The van der Waals surface area contributed by atoms with Gasteiger partial charge in [0.05, 0.1) is 6.07 Å². The van der Waals surface area contributed by atoms with Crippen molar-refractivity contribution < 1.29 is 0 Å². The molecule has 1 aliphatic rings. The maximum Gasteiger partial charge on any atom is 0.109 e. The predicted octanol–water partition coefficient (Wildman–Crippen LogP) is 2.14. The molecule has 1 unspecified atom stereocenters. The summed E-state index contributed by atoms with van der Waals surface area (Å²) in [6.07, 6.45) is 2.98. The molecule has 92 valence electrons. The molecule has 0 saturated carbocycles. The Morgan fingerprint density at radius 3 is 2.25 bits per heavy atom. The van der Waals surface area contributed by atoms with E-state index in [2.05, 4.69) is 44.0 Å². The van der Waals surface area contributed by atoms with E-state index < -0.39 is 0 Å². The molecule has 0 radical (unpaired) electrons. The first-order valence-electron chi connectivity index (χ1n) is 6.46. The van der Waals surface area contributed by atoms with Crippen LogP contribution in [0.3, 0.4) is 0 Å². The number of nitriles is 1. The zero-order valence-electron chi connectivity index (χ0n) is 11.1. The van der Waals surface area contributed by atoms with Gasteiger partial charge in [-0.2, -0.15) is 5.26 Å². The lowest BCUT2D eigenvalue weighted by molar-refractivity contribution is 0.130. The van der Waals surface area contributed by atoms with Crippen molar-refractivity contribution in [3.63, 3.8) is 0 Å². The number of hydrogen-bond donors (Lipinski definition) is 1. The zero-order chi connectivity index (χ0) is 12.2. The number of nitrogens with zero attached hydrogens (tertiary/aromatic N) is 2. The van der Waals surface area contributed by atoms with E-state index in [-0.39, 0.29) is 5.54 Å². The van der Waals surface area contributed by atoms with E-state index in [1.807, 2.05) is 0 Å². The van der Waals surface area contributed by atoms with Gasteiger partial charge in [-0.25, -0.2) is 0 Å². The number of likely N-dealkylation sites (tertiary alicyclic amines) is 1. The molecule has 0 aromatic rings. The fourth-order valence-corrected chi connectivity index (χ4v) is 2.28. The van der Waals surface area contributed by atoms with Gasteiger partial charge in [0.2, 0.25) is 0 Å². The van der Waals surface area contributed by atoms with Gasteiger partial charge in [-0.1, -0.05) is 6.92 Å². The molecule has 16 heavy (non-hydrogen) atoms. The molecule has 1 heterocycles. The Hall–Kier alpha value is -0.590. The molecule has 3 heteroatoms. The van der Waals surface area contributed by atoms with E-state index in [9.17, 15) is 5.26 Å². The Labute approximate surface area is 99.8 Å². The molecule has 0 aromatic heterocycles. The largest absolute Gasteiger partial charge is 0.301 e. The molecule has 0 aliphatic carbocycles. The SMILES string of the molecule is CCC(C)NC1(C#N)CCN(C(C)C)CC1. The highest BCUT2D eigenvalue weighted by Crippen LogP contribution is 2.23. The van der Waals surface area contributed by atoms with Gasteiger partial charge in [-0.05, 0) is 40.0 Å². The zero-order valence-corrected chi connectivity index (χ0v) is 11.1. The number of nitrogens with one attached hydrogen (secondary N) is 1. The first-order valence-corrected chi connectivity index (χ1v) is 6.46. The lowest BCUT2D eigenvalue weighted by Gasteiger charge is -2.41. The Morgan fingerprint density at radius 2 is 1.88 bits per heavy atom. The monoisotopic (exact) mass is 223 g/mol. The van der Waals surface area contributed by atoms with Gasteiger partial charge >= 0.3 is 0 Å². The summed E-state index contributed by atoms with van der Waals surface area (Å²) in [5.41, 5.74) is -0.277. The lowest BCUT2D eigenvalue weighted by Crippen LogP contribution is -2.56. The summed E-state index contributed by atoms with van der Waals surface area (Å²) in [6, 6.07) is 3.54. The van der Waals surface area contributed by atoms with Crippen molar-refractivity contribution in [2.24, 2.45) is 0 Å². The number of hydrogen-bond acceptors (Lipinski definition) is 3. The van der Waals surface area contributed by atoms with Crippen LogP contribution >= 0.6 is 0 Å². The van der Waals surface area contributed by atoms with Gasteiger partial charge in [0, 0.05) is 25.2 Å². The standard InChI is InChI=1S/C13H25N3/c1-5-12(4)15-13(10-14)6-8-16(9-7-13)11(2)3/h11-12,15H,5-9H2,1-4H3. The van der Waals surface area contributed by atoms with Gasteiger partial charge in [0.1, 0.15) is 5.54 Å². The molecule has 1 atom stereocenters. The van der Waals surface area contributed by atoms with Crippen LogP contribution in [0.25, 0.3) is 0 Å². The van der Waals surface area contributed by atoms with Crippen molar-refractivity contribution in [3.8, 4) is 6.07 Å². The highest BCUT2D eigenvalue weighted by Gasteiger charge is 2.35. The van der Waals surface area contributed by atoms with Crippen molar-refractivity contribution >= 4 is 0 Å². The van der Waals surface area contributed by atoms with Crippen LogP contribution < -0.4 is 5.32 Å². The number of piperidine rings is 1. The van der Waals surface area contributed by atoms with Crippen molar-refractivity contribution in [1.82, 2.24) is 10.2 Å². The second kappa shape index (κ2) is 5.65. The maximum atomic E-state index is 9.38. The van der Waals surface area contributed by atoms with Crippen molar-refractivity contribution in [1.29, 1.82) is 5.26 Å². The summed E-state index contributed by atoms with van der Waals surface area (Å²) in [5.74, 6) is 0. The normalized spacial score (nSPS) is 23.0. The second-order valence-electron chi connectivity index (χ2n) is 5.28. The topological polar surface area (TPSA) is 39.1 Å². The van der Waals surface area contributed by atoms with E-state index in [1.54, 1.807) is 0 Å². The van der Waals surface area contributed by atoms with Crippen LogP contribution in [-0.4, -0.2) is 35.6 Å². The lowest BCUT2D eigenvalue weighted by atomic mass is 9.87. The van der Waals surface area contributed by atoms with Crippen LogP contribution in [-0.2, 0) is 0 Å². The first-order chi connectivity index (χ1) is 7.53. The Bertz CT molecular complexity index is 246. The van der Waals surface area contributed by atoms with Gasteiger partial charge in [0.15, 0.2) is 0 Å². The van der Waals surface area contributed by atoms with Gasteiger partial charge in [-0.3, -0.25) is 5.32 Å². The van der Waals surface area contributed by atoms with Crippen LogP contribution in [0.2, 0.25) is 0 Å². The Balaban J connectivity index is 2.55. The van der Waals surface area contributed by atoms with Crippen LogP contribution in [0.4, 0.5) is 0 Å². The van der Waals surface area contributed by atoms with E-state index in [0.717, 1.165) is 32.4 Å². The summed E-state index contributed by atoms with van der Waals surface area (Å²) >= 11 is 0. The minimum atomic E-state index is -0.277. The third-order valence-corrected chi connectivity index (χ3v) is 3.73. The molecule has 1 aliphatic heterocycles. The van der Waals surface area contributed by atoms with Crippen LogP contribution in [0.1, 0.15) is 47.0 Å². The Kier molecular flexibility index (Phi) is 4.76. The van der Waals surface area contributed by atoms with Crippen molar-refractivity contribution in [3.05, 3.63) is 0 Å². The molecule has 0 amide bonds. The van der Waals surface area contributed by atoms with E-state index in [0.29, 0.717) is 12.1 Å². The fraction of sp³-hybridized carbons (Fsp3) is 0.923. The molecule has 1 N–H and O–H groups in total. The molecular formula is C13H25N3. The van der Waals surface area contributed by atoms with E-state index in [4.69, 9.17) is 0 Å². The summed E-state index contributed by atoms with van der Waals surface area (Å²) in [6.45, 7) is 10.8. The van der Waals surface area contributed by atoms with Crippen LogP contribution in [0.5, 0.6) is 0 Å². The van der Waals surface area contributed by atoms with E-state index in [1.165, 1.54) is 0 Å². The summed E-state index contributed by atoms with van der Waals surface area (Å²) in [5, 5.41) is 12.9. The molecule has 1 saturated heterocycles. The van der Waals surface area contributed by atoms with Crippen molar-refractivity contribution in [2.45, 2.75) is 64.6 Å². The minimum Gasteiger partial charge on any atom is -0.301 e. The van der Waals surface area contributed by atoms with Gasteiger partial charge in [0.25, 0.3) is 0 Å². The highest BCUT2D eigenvalue weighted by molar-refractivity contribution is 5.10. The third-order valence-electron chi connectivity index (χ3n) is 3.73. The fourth-order valence-electron chi connectivity index (χ4n) is 2.28. The Morgan fingerprint density at radius 1 is 1.31 bits per heavy atom. The summed E-state index contributed by atoms with van der Waals surface area (Å²) in [4.78, 5) is 2.45. The molecule has 1 rings (SSSR count). The van der Waals surface area contributed by atoms with Gasteiger partial charge in [-0.15, -0.1) is 0 Å². The quantitative estimate of drug-likeness (QED) is 0.793. The first kappa shape index (κ1) is 13.5. The third kappa shape index (κ3) is 3.20. The predicted molar refractivity (Wildman–Crippen MR) is 67.2 cm³/mol. The van der Waals surface area contributed by atoms with Crippen LogP contribution in [0, 0.1) is 11.3 Å². The summed E-state index contributed by atoms with van der Waals surface area (Å²) < 4.78 is 0. The second-order valence-corrected chi connectivity index (χ2v) is 5.28. The average Bonchev–Trinajstić information content (AvgIpc) is 2.29. The minimum absolute atomic E-state index is 0.277. The smallest absolute Gasteiger partial charge is 0.109 e. The molecular weight excluding hydrogens is 198 g/mol. The number of rotatable bonds is 4. The highest BCUT2D eigenvalue weighted by atomic mass is 15.2. The van der Waals surface area contributed by atoms with Crippen LogP contribution in [0.15, 0.2) is 0 Å².